The van der Waals surface area contributed by atoms with Gasteiger partial charge in [-0.05, 0) is 23.6 Å². The van der Waals surface area contributed by atoms with Crippen LogP contribution in [-0.4, -0.2) is 9.55 Å². The summed E-state index contributed by atoms with van der Waals surface area (Å²) in [7, 11) is 0. The molecule has 0 aliphatic heterocycles. The van der Waals surface area contributed by atoms with Gasteiger partial charge in [0.1, 0.15) is 5.69 Å². The number of hydrogen-bond donors (Lipinski definition) is 0. The van der Waals surface area contributed by atoms with Gasteiger partial charge in [-0.1, -0.05) is 66.1 Å². The van der Waals surface area contributed by atoms with E-state index in [2.05, 4.69) is 16.8 Å². The van der Waals surface area contributed by atoms with E-state index in [1.54, 1.807) is 6.20 Å². The highest BCUT2D eigenvalue weighted by Crippen LogP contribution is 2.11. The lowest BCUT2D eigenvalue weighted by molar-refractivity contribution is 0.725. The molecule has 3 rings (SSSR count). The Kier molecular flexibility index (Phi) is 4.56. The zero-order chi connectivity index (χ0) is 16.1. The van der Waals surface area contributed by atoms with E-state index in [1.165, 1.54) is 4.57 Å². The van der Waals surface area contributed by atoms with Crippen molar-refractivity contribution < 1.29 is 0 Å². The molecule has 0 saturated carbocycles. The summed E-state index contributed by atoms with van der Waals surface area (Å²) in [6.07, 6.45) is 1.58. The number of halogens is 1. The van der Waals surface area contributed by atoms with Crippen molar-refractivity contribution in [3.8, 4) is 11.8 Å². The Morgan fingerprint density at radius 3 is 2.30 bits per heavy atom. The molecule has 0 amide bonds. The molecule has 0 aliphatic carbocycles. The number of hydrogen-bond acceptors (Lipinski definition) is 2. The molecule has 0 atom stereocenters. The van der Waals surface area contributed by atoms with Crippen LogP contribution in [0.25, 0.3) is 0 Å². The van der Waals surface area contributed by atoms with Gasteiger partial charge in [-0.25, -0.2) is 4.79 Å². The molecule has 0 unspecified atom stereocenters. The molecule has 3 aromatic rings. The summed E-state index contributed by atoms with van der Waals surface area (Å²) in [6.45, 7) is 0.429. The fourth-order valence-corrected chi connectivity index (χ4v) is 2.31. The standard InChI is InChI=1S/C19H13ClN2O/c20-17-14-22(13-16-9-5-2-6-10-16)19(23)21-18(17)12-11-15-7-3-1-4-8-15/h1-10,14H,13H2. The van der Waals surface area contributed by atoms with E-state index in [1.807, 2.05) is 60.7 Å². The first-order chi connectivity index (χ1) is 11.2. The molecule has 112 valence electrons. The van der Waals surface area contributed by atoms with E-state index in [0.717, 1.165) is 11.1 Å². The molecule has 1 heterocycles. The van der Waals surface area contributed by atoms with Gasteiger partial charge in [-0.3, -0.25) is 4.57 Å². The van der Waals surface area contributed by atoms with Crippen molar-refractivity contribution in [1.29, 1.82) is 0 Å². The molecule has 0 fully saturated rings. The average Bonchev–Trinajstić information content (AvgIpc) is 2.58. The first kappa shape index (κ1) is 15.1. The monoisotopic (exact) mass is 320 g/mol. The molecule has 2 aromatic carbocycles. The lowest BCUT2D eigenvalue weighted by atomic mass is 10.2. The second kappa shape index (κ2) is 6.95. The van der Waals surface area contributed by atoms with Crippen LogP contribution in [0.4, 0.5) is 0 Å². The van der Waals surface area contributed by atoms with Gasteiger partial charge in [-0.2, -0.15) is 4.98 Å². The quantitative estimate of drug-likeness (QED) is 0.679. The maximum absolute atomic E-state index is 12.1. The van der Waals surface area contributed by atoms with Crippen molar-refractivity contribution in [2.75, 3.05) is 0 Å². The minimum Gasteiger partial charge on any atom is -0.293 e. The summed E-state index contributed by atoms with van der Waals surface area (Å²) in [5.74, 6) is 5.81. The predicted octanol–water partition coefficient (Wildman–Crippen LogP) is 3.34. The molecule has 3 nitrogen and oxygen atoms in total. The summed E-state index contributed by atoms with van der Waals surface area (Å²) < 4.78 is 1.48. The maximum Gasteiger partial charge on any atom is 0.349 e. The van der Waals surface area contributed by atoms with E-state index in [4.69, 9.17) is 11.6 Å². The third kappa shape index (κ3) is 3.88. The largest absolute Gasteiger partial charge is 0.349 e. The highest BCUT2D eigenvalue weighted by Gasteiger charge is 2.05. The molecule has 0 saturated heterocycles. The Balaban J connectivity index is 1.89. The first-order valence-corrected chi connectivity index (χ1v) is 7.48. The smallest absolute Gasteiger partial charge is 0.293 e. The van der Waals surface area contributed by atoms with Gasteiger partial charge in [0.05, 0.1) is 11.6 Å². The van der Waals surface area contributed by atoms with Gasteiger partial charge in [0, 0.05) is 11.8 Å². The highest BCUT2D eigenvalue weighted by molar-refractivity contribution is 6.31. The van der Waals surface area contributed by atoms with Crippen LogP contribution in [0.1, 0.15) is 16.8 Å². The van der Waals surface area contributed by atoms with Crippen molar-refractivity contribution >= 4 is 11.6 Å². The number of aromatic nitrogens is 2. The highest BCUT2D eigenvalue weighted by atomic mass is 35.5. The molecule has 23 heavy (non-hydrogen) atoms. The van der Waals surface area contributed by atoms with E-state index >= 15 is 0 Å². The van der Waals surface area contributed by atoms with Crippen LogP contribution in [0.2, 0.25) is 5.02 Å². The number of rotatable bonds is 2. The van der Waals surface area contributed by atoms with Crippen molar-refractivity contribution in [2.45, 2.75) is 6.54 Å². The molecule has 0 spiro atoms. The van der Waals surface area contributed by atoms with Gasteiger partial charge < -0.3 is 0 Å². The third-order valence-corrected chi connectivity index (χ3v) is 3.52. The van der Waals surface area contributed by atoms with Gasteiger partial charge in [0.15, 0.2) is 0 Å². The minimum atomic E-state index is -0.365. The predicted molar refractivity (Wildman–Crippen MR) is 91.5 cm³/mol. The van der Waals surface area contributed by atoms with Crippen LogP contribution in [0, 0.1) is 11.8 Å². The molecular weight excluding hydrogens is 308 g/mol. The third-order valence-electron chi connectivity index (χ3n) is 3.24. The van der Waals surface area contributed by atoms with Crippen molar-refractivity contribution in [3.63, 3.8) is 0 Å². The van der Waals surface area contributed by atoms with E-state index in [-0.39, 0.29) is 5.69 Å². The average molecular weight is 321 g/mol. The Bertz CT molecular complexity index is 922. The molecule has 0 radical (unpaired) electrons. The Morgan fingerprint density at radius 2 is 1.61 bits per heavy atom. The molecule has 0 aliphatic rings. The second-order valence-corrected chi connectivity index (χ2v) is 5.36. The van der Waals surface area contributed by atoms with Crippen molar-refractivity contribution in [3.05, 3.63) is 99.2 Å². The lowest BCUT2D eigenvalue weighted by Crippen LogP contribution is -2.24. The summed E-state index contributed by atoms with van der Waals surface area (Å²) in [5.41, 5.74) is 1.79. The zero-order valence-corrected chi connectivity index (χ0v) is 13.0. The Hall–Kier alpha value is -2.83. The molecule has 4 heteroatoms. The molecule has 0 bridgehead atoms. The van der Waals surface area contributed by atoms with E-state index < -0.39 is 0 Å². The van der Waals surface area contributed by atoms with Crippen molar-refractivity contribution in [2.24, 2.45) is 0 Å². The van der Waals surface area contributed by atoms with Crippen molar-refractivity contribution in [1.82, 2.24) is 9.55 Å². The maximum atomic E-state index is 12.1. The summed E-state index contributed by atoms with van der Waals surface area (Å²) in [4.78, 5) is 16.1. The lowest BCUT2D eigenvalue weighted by Gasteiger charge is -2.06. The zero-order valence-electron chi connectivity index (χ0n) is 12.2. The summed E-state index contributed by atoms with van der Waals surface area (Å²) >= 11 is 6.21. The minimum absolute atomic E-state index is 0.296. The second-order valence-electron chi connectivity index (χ2n) is 4.95. The van der Waals surface area contributed by atoms with Gasteiger partial charge in [0.25, 0.3) is 0 Å². The van der Waals surface area contributed by atoms with Crippen LogP contribution >= 0.6 is 11.6 Å². The summed E-state index contributed by atoms with van der Waals surface area (Å²) in [6, 6.07) is 19.2. The number of benzene rings is 2. The first-order valence-electron chi connectivity index (χ1n) is 7.10. The van der Waals surface area contributed by atoms with Gasteiger partial charge in [-0.15, -0.1) is 0 Å². The Labute approximate surface area is 139 Å². The van der Waals surface area contributed by atoms with Gasteiger partial charge >= 0.3 is 5.69 Å². The molecule has 0 N–H and O–H groups in total. The fraction of sp³-hybridized carbons (Fsp3) is 0.0526. The van der Waals surface area contributed by atoms with Crippen LogP contribution in [-0.2, 0) is 6.54 Å². The van der Waals surface area contributed by atoms with E-state index in [9.17, 15) is 4.79 Å². The van der Waals surface area contributed by atoms with Crippen LogP contribution in [0.5, 0.6) is 0 Å². The summed E-state index contributed by atoms with van der Waals surface area (Å²) in [5, 5.41) is 0.365. The Morgan fingerprint density at radius 1 is 0.957 bits per heavy atom. The molecule has 1 aromatic heterocycles. The van der Waals surface area contributed by atoms with E-state index in [0.29, 0.717) is 17.3 Å². The fourth-order valence-electron chi connectivity index (χ4n) is 2.10. The SMILES string of the molecule is O=c1nc(C#Cc2ccccc2)c(Cl)cn1Cc1ccccc1. The topological polar surface area (TPSA) is 34.9 Å². The normalized spacial score (nSPS) is 9.96. The van der Waals surface area contributed by atoms with Crippen LogP contribution < -0.4 is 5.69 Å². The molecular formula is C19H13ClN2O. The van der Waals surface area contributed by atoms with Gasteiger partial charge in [0.2, 0.25) is 0 Å². The van der Waals surface area contributed by atoms with Crippen LogP contribution in [0.15, 0.2) is 71.7 Å². The van der Waals surface area contributed by atoms with Crippen LogP contribution in [0.3, 0.4) is 0 Å². The number of nitrogens with zero attached hydrogens (tertiary/aromatic N) is 2.